The van der Waals surface area contributed by atoms with E-state index in [4.69, 9.17) is 5.73 Å². The Morgan fingerprint density at radius 2 is 1.44 bits per heavy atom. The molecule has 0 bridgehead atoms. The van der Waals surface area contributed by atoms with Crippen LogP contribution in [0.15, 0.2) is 0 Å². The second-order valence-electron chi connectivity index (χ2n) is 5.13. The van der Waals surface area contributed by atoms with Crippen molar-refractivity contribution in [2.24, 2.45) is 5.73 Å². The van der Waals surface area contributed by atoms with Crippen LogP contribution in [-0.4, -0.2) is 29.9 Å². The van der Waals surface area contributed by atoms with Gasteiger partial charge in [-0.05, 0) is 19.3 Å². The number of amides is 1. The van der Waals surface area contributed by atoms with Gasteiger partial charge in [0.25, 0.3) is 0 Å². The van der Waals surface area contributed by atoms with Gasteiger partial charge in [-0.15, -0.1) is 0 Å². The Morgan fingerprint density at radius 1 is 0.944 bits per heavy atom. The third kappa shape index (κ3) is 7.70. The molecule has 0 aliphatic carbocycles. The van der Waals surface area contributed by atoms with Crippen LogP contribution in [-0.2, 0) is 4.79 Å². The van der Waals surface area contributed by atoms with Crippen LogP contribution < -0.4 is 5.73 Å². The van der Waals surface area contributed by atoms with Crippen molar-refractivity contribution in [3.8, 4) is 0 Å². The summed E-state index contributed by atoms with van der Waals surface area (Å²) in [5, 5.41) is 0. The first-order chi connectivity index (χ1) is 8.67. The molecule has 0 spiro atoms. The van der Waals surface area contributed by atoms with Gasteiger partial charge in [-0.1, -0.05) is 52.9 Å². The largest absolute Gasteiger partial charge is 0.341 e. The molecule has 1 amide bonds. The lowest BCUT2D eigenvalue weighted by Crippen LogP contribution is -2.44. The van der Waals surface area contributed by atoms with Crippen LogP contribution in [0.5, 0.6) is 0 Å². The predicted molar refractivity (Wildman–Crippen MR) is 78.5 cm³/mol. The van der Waals surface area contributed by atoms with Crippen molar-refractivity contribution in [2.75, 3.05) is 13.1 Å². The van der Waals surface area contributed by atoms with E-state index in [0.717, 1.165) is 38.8 Å². The highest BCUT2D eigenvalue weighted by Crippen LogP contribution is 2.06. The third-order valence-corrected chi connectivity index (χ3v) is 3.29. The Kier molecular flexibility index (Phi) is 11.2. The minimum atomic E-state index is -0.293. The molecule has 3 nitrogen and oxygen atoms in total. The number of rotatable bonds is 11. The van der Waals surface area contributed by atoms with Crippen molar-refractivity contribution in [3.05, 3.63) is 0 Å². The van der Waals surface area contributed by atoms with Crippen molar-refractivity contribution in [2.45, 2.75) is 78.2 Å². The summed E-state index contributed by atoms with van der Waals surface area (Å²) in [7, 11) is 0. The van der Waals surface area contributed by atoms with Gasteiger partial charge in [-0.2, -0.15) is 0 Å². The van der Waals surface area contributed by atoms with Gasteiger partial charge in [-0.3, -0.25) is 4.79 Å². The summed E-state index contributed by atoms with van der Waals surface area (Å²) in [5.74, 6) is 0.157. The highest BCUT2D eigenvalue weighted by atomic mass is 16.2. The molecule has 0 aliphatic rings. The van der Waals surface area contributed by atoms with Crippen molar-refractivity contribution in [3.63, 3.8) is 0 Å². The molecule has 0 saturated heterocycles. The highest BCUT2D eigenvalue weighted by molar-refractivity contribution is 5.81. The standard InChI is InChI=1S/C15H32N2O/c1-4-7-9-12-17(13-10-8-5-2)15(18)14(16)11-6-3/h14H,4-13,16H2,1-3H3. The Bertz CT molecular complexity index is 197. The number of unbranched alkanes of at least 4 members (excludes halogenated alkanes) is 4. The Morgan fingerprint density at radius 3 is 1.83 bits per heavy atom. The maximum absolute atomic E-state index is 12.2. The molecule has 2 N–H and O–H groups in total. The second kappa shape index (κ2) is 11.5. The fourth-order valence-corrected chi connectivity index (χ4v) is 2.11. The molecule has 0 fully saturated rings. The minimum absolute atomic E-state index is 0.157. The molecule has 0 aromatic heterocycles. The van der Waals surface area contributed by atoms with Gasteiger partial charge in [0.1, 0.15) is 0 Å². The molecule has 108 valence electrons. The Labute approximate surface area is 113 Å². The summed E-state index contributed by atoms with van der Waals surface area (Å²) in [6.45, 7) is 8.21. The van der Waals surface area contributed by atoms with Crippen LogP contribution in [0.25, 0.3) is 0 Å². The van der Waals surface area contributed by atoms with Gasteiger partial charge in [0, 0.05) is 13.1 Å². The summed E-state index contributed by atoms with van der Waals surface area (Å²) in [5.41, 5.74) is 5.95. The fraction of sp³-hybridized carbons (Fsp3) is 0.933. The molecule has 1 unspecified atom stereocenters. The summed E-state index contributed by atoms with van der Waals surface area (Å²) < 4.78 is 0. The summed E-state index contributed by atoms with van der Waals surface area (Å²) >= 11 is 0. The second-order valence-corrected chi connectivity index (χ2v) is 5.13. The Hall–Kier alpha value is -0.570. The number of hydrogen-bond acceptors (Lipinski definition) is 2. The molecular weight excluding hydrogens is 224 g/mol. The van der Waals surface area contributed by atoms with Crippen LogP contribution in [0, 0.1) is 0 Å². The quantitative estimate of drug-likeness (QED) is 0.576. The summed E-state index contributed by atoms with van der Waals surface area (Å²) in [4.78, 5) is 14.2. The average Bonchev–Trinajstić information content (AvgIpc) is 2.37. The van der Waals surface area contributed by atoms with E-state index in [1.807, 2.05) is 4.90 Å². The molecule has 0 radical (unpaired) electrons. The Balaban J connectivity index is 4.19. The van der Waals surface area contributed by atoms with Gasteiger partial charge < -0.3 is 10.6 Å². The predicted octanol–water partition coefficient (Wildman–Crippen LogP) is 3.32. The first kappa shape index (κ1) is 17.4. The topological polar surface area (TPSA) is 46.3 Å². The smallest absolute Gasteiger partial charge is 0.239 e. The average molecular weight is 256 g/mol. The lowest BCUT2D eigenvalue weighted by Gasteiger charge is -2.25. The van der Waals surface area contributed by atoms with E-state index in [9.17, 15) is 4.79 Å². The molecule has 0 rings (SSSR count). The van der Waals surface area contributed by atoms with Crippen molar-refractivity contribution in [1.82, 2.24) is 4.90 Å². The van der Waals surface area contributed by atoms with Crippen LogP contribution in [0.2, 0.25) is 0 Å². The number of hydrogen-bond donors (Lipinski definition) is 1. The zero-order valence-electron chi connectivity index (χ0n) is 12.6. The minimum Gasteiger partial charge on any atom is -0.341 e. The van der Waals surface area contributed by atoms with Gasteiger partial charge in [0.2, 0.25) is 5.91 Å². The van der Waals surface area contributed by atoms with Gasteiger partial charge >= 0.3 is 0 Å². The van der Waals surface area contributed by atoms with Crippen molar-refractivity contribution >= 4 is 5.91 Å². The van der Waals surface area contributed by atoms with E-state index in [0.29, 0.717) is 0 Å². The van der Waals surface area contributed by atoms with Gasteiger partial charge in [0.05, 0.1) is 6.04 Å². The zero-order valence-corrected chi connectivity index (χ0v) is 12.6. The van der Waals surface area contributed by atoms with Crippen LogP contribution in [0.3, 0.4) is 0 Å². The van der Waals surface area contributed by atoms with Crippen molar-refractivity contribution in [1.29, 1.82) is 0 Å². The van der Waals surface area contributed by atoms with E-state index >= 15 is 0 Å². The van der Waals surface area contributed by atoms with Crippen molar-refractivity contribution < 1.29 is 4.79 Å². The molecule has 0 heterocycles. The normalized spacial score (nSPS) is 12.4. The SMILES string of the molecule is CCCCCN(CCCCC)C(=O)C(N)CCC. The summed E-state index contributed by atoms with van der Waals surface area (Å²) in [6, 6.07) is -0.293. The fourth-order valence-electron chi connectivity index (χ4n) is 2.11. The van der Waals surface area contributed by atoms with E-state index in [1.54, 1.807) is 0 Å². The molecule has 18 heavy (non-hydrogen) atoms. The molecule has 3 heteroatoms. The van der Waals surface area contributed by atoms with E-state index in [1.165, 1.54) is 25.7 Å². The number of nitrogens with two attached hydrogens (primary N) is 1. The van der Waals surface area contributed by atoms with E-state index < -0.39 is 0 Å². The number of carbonyl (C=O) groups is 1. The van der Waals surface area contributed by atoms with Gasteiger partial charge in [0.15, 0.2) is 0 Å². The molecule has 1 atom stereocenters. The maximum Gasteiger partial charge on any atom is 0.239 e. The van der Waals surface area contributed by atoms with Crippen LogP contribution >= 0.6 is 0 Å². The monoisotopic (exact) mass is 256 g/mol. The first-order valence-electron chi connectivity index (χ1n) is 7.71. The van der Waals surface area contributed by atoms with E-state index in [2.05, 4.69) is 20.8 Å². The first-order valence-corrected chi connectivity index (χ1v) is 7.71. The third-order valence-electron chi connectivity index (χ3n) is 3.29. The summed E-state index contributed by atoms with van der Waals surface area (Å²) in [6.07, 6.45) is 8.76. The molecule has 0 saturated carbocycles. The molecule has 0 aromatic carbocycles. The molecular formula is C15H32N2O. The maximum atomic E-state index is 12.2. The van der Waals surface area contributed by atoms with Crippen LogP contribution in [0.1, 0.15) is 72.1 Å². The molecule has 0 aliphatic heterocycles. The highest BCUT2D eigenvalue weighted by Gasteiger charge is 2.19. The molecule has 0 aromatic rings. The van der Waals surface area contributed by atoms with Crippen LogP contribution in [0.4, 0.5) is 0 Å². The lowest BCUT2D eigenvalue weighted by atomic mass is 10.1. The number of carbonyl (C=O) groups excluding carboxylic acids is 1. The van der Waals surface area contributed by atoms with Gasteiger partial charge in [-0.25, -0.2) is 0 Å². The van der Waals surface area contributed by atoms with E-state index in [-0.39, 0.29) is 11.9 Å². The lowest BCUT2D eigenvalue weighted by molar-refractivity contribution is -0.133. The zero-order chi connectivity index (χ0) is 13.8. The number of nitrogens with zero attached hydrogens (tertiary/aromatic N) is 1.